The molecule has 0 aromatic carbocycles. The smallest absolute Gasteiger partial charge is 0.249 e. The molecule has 68 valence electrons. The highest BCUT2D eigenvalue weighted by Crippen LogP contribution is 2.43. The molecule has 2 aliphatic rings. The van der Waals surface area contributed by atoms with Gasteiger partial charge in [-0.05, 0) is 19.3 Å². The zero-order valence-corrected chi connectivity index (χ0v) is 6.95. The molecule has 0 aromatic heterocycles. The number of hydroxylamine groups is 2. The van der Waals surface area contributed by atoms with E-state index in [1.807, 2.05) is 0 Å². The van der Waals surface area contributed by atoms with Crippen molar-refractivity contribution in [2.45, 2.75) is 31.3 Å². The van der Waals surface area contributed by atoms with Crippen LogP contribution in [0.3, 0.4) is 0 Å². The van der Waals surface area contributed by atoms with Gasteiger partial charge in [0.1, 0.15) is 5.60 Å². The Hall–Kier alpha value is -0.610. The van der Waals surface area contributed by atoms with Gasteiger partial charge in [-0.25, -0.2) is 5.06 Å². The maximum absolute atomic E-state index is 11.3. The van der Waals surface area contributed by atoms with Crippen LogP contribution in [0, 0.1) is 0 Å². The number of carbonyl (C=O) groups excluding carboxylic acids is 1. The Balaban J connectivity index is 1.97. The number of carbonyl (C=O) groups is 1. The van der Waals surface area contributed by atoms with Gasteiger partial charge in [-0.15, -0.1) is 0 Å². The number of aliphatic hydroxyl groups excluding tert-OH is 1. The Morgan fingerprint density at radius 1 is 1.58 bits per heavy atom. The third-order valence-corrected chi connectivity index (χ3v) is 2.62. The van der Waals surface area contributed by atoms with Crippen LogP contribution < -0.4 is 0 Å². The van der Waals surface area contributed by atoms with Crippen LogP contribution in [0.1, 0.15) is 25.7 Å². The van der Waals surface area contributed by atoms with Crippen molar-refractivity contribution in [3.63, 3.8) is 0 Å². The molecule has 4 heteroatoms. The average molecular weight is 171 g/mol. The third kappa shape index (κ3) is 1.11. The Morgan fingerprint density at radius 2 is 2.33 bits per heavy atom. The molecule has 2 rings (SSSR count). The molecule has 1 heterocycles. The summed E-state index contributed by atoms with van der Waals surface area (Å²) in [7, 11) is 0. The molecule has 0 radical (unpaired) electrons. The minimum absolute atomic E-state index is 0.0174. The van der Waals surface area contributed by atoms with E-state index in [9.17, 15) is 4.79 Å². The average Bonchev–Trinajstić information content (AvgIpc) is 2.29. The molecule has 2 fully saturated rings. The highest BCUT2D eigenvalue weighted by molar-refractivity contribution is 5.78. The molecule has 0 atom stereocenters. The molecule has 1 aliphatic carbocycles. The van der Waals surface area contributed by atoms with Crippen LogP contribution in [0.2, 0.25) is 0 Å². The molecule has 1 saturated carbocycles. The van der Waals surface area contributed by atoms with Gasteiger partial charge in [-0.2, -0.15) is 0 Å². The van der Waals surface area contributed by atoms with Crippen molar-refractivity contribution in [1.82, 2.24) is 5.06 Å². The van der Waals surface area contributed by atoms with Gasteiger partial charge in [0.2, 0.25) is 5.91 Å². The standard InChI is InChI=1S/C8H13NO3/c10-5-4-9-7(11)6-8(12-9)2-1-3-8/h10H,1-6H2. The van der Waals surface area contributed by atoms with Gasteiger partial charge < -0.3 is 5.11 Å². The summed E-state index contributed by atoms with van der Waals surface area (Å²) in [5.74, 6) is 0.0174. The van der Waals surface area contributed by atoms with Crippen molar-refractivity contribution in [1.29, 1.82) is 0 Å². The van der Waals surface area contributed by atoms with Crippen LogP contribution in [0.25, 0.3) is 0 Å². The molecule has 0 unspecified atom stereocenters. The number of aliphatic hydroxyl groups is 1. The lowest BCUT2D eigenvalue weighted by atomic mass is 9.78. The molecule has 4 nitrogen and oxygen atoms in total. The molecule has 1 amide bonds. The normalized spacial score (nSPS) is 26.4. The van der Waals surface area contributed by atoms with Gasteiger partial charge in [0, 0.05) is 0 Å². The summed E-state index contributed by atoms with van der Waals surface area (Å²) in [6.45, 7) is 0.280. The zero-order chi connectivity index (χ0) is 8.60. The number of β-amino-alcohol motifs (C(OH)–C–C–N with tert-alkyl or cyclic N) is 1. The largest absolute Gasteiger partial charge is 0.394 e. The van der Waals surface area contributed by atoms with E-state index in [-0.39, 0.29) is 18.1 Å². The zero-order valence-electron chi connectivity index (χ0n) is 6.95. The second kappa shape index (κ2) is 2.71. The summed E-state index contributed by atoms with van der Waals surface area (Å²) in [5, 5.41) is 9.94. The maximum Gasteiger partial charge on any atom is 0.249 e. The molecule has 1 aliphatic heterocycles. The van der Waals surface area contributed by atoms with Crippen LogP contribution >= 0.6 is 0 Å². The van der Waals surface area contributed by atoms with Gasteiger partial charge >= 0.3 is 0 Å². The molecule has 1 saturated heterocycles. The van der Waals surface area contributed by atoms with E-state index in [4.69, 9.17) is 9.94 Å². The molecule has 1 spiro atoms. The topological polar surface area (TPSA) is 49.8 Å². The summed E-state index contributed by atoms with van der Waals surface area (Å²) < 4.78 is 0. The van der Waals surface area contributed by atoms with E-state index in [0.717, 1.165) is 19.3 Å². The molecule has 1 N–H and O–H groups in total. The molecule has 12 heavy (non-hydrogen) atoms. The van der Waals surface area contributed by atoms with Crippen molar-refractivity contribution in [3.8, 4) is 0 Å². The number of nitrogens with zero attached hydrogens (tertiary/aromatic N) is 1. The van der Waals surface area contributed by atoms with Gasteiger partial charge in [0.15, 0.2) is 0 Å². The first-order chi connectivity index (χ1) is 5.76. The van der Waals surface area contributed by atoms with E-state index >= 15 is 0 Å². The van der Waals surface area contributed by atoms with Crippen LogP contribution in [-0.2, 0) is 9.63 Å². The lowest BCUT2D eigenvalue weighted by Crippen LogP contribution is -2.38. The Morgan fingerprint density at radius 3 is 2.75 bits per heavy atom. The highest BCUT2D eigenvalue weighted by Gasteiger charge is 2.48. The first kappa shape index (κ1) is 8.01. The second-order valence-electron chi connectivity index (χ2n) is 3.52. The molecule has 0 aromatic rings. The Bertz CT molecular complexity index is 200. The Labute approximate surface area is 71.1 Å². The monoisotopic (exact) mass is 171 g/mol. The molecular weight excluding hydrogens is 158 g/mol. The number of hydrogen-bond donors (Lipinski definition) is 1. The fraction of sp³-hybridized carbons (Fsp3) is 0.875. The van der Waals surface area contributed by atoms with Crippen molar-refractivity contribution in [3.05, 3.63) is 0 Å². The maximum atomic E-state index is 11.3. The summed E-state index contributed by atoms with van der Waals surface area (Å²) in [5.41, 5.74) is -0.174. The minimum atomic E-state index is -0.174. The van der Waals surface area contributed by atoms with Crippen LogP contribution in [0.4, 0.5) is 0 Å². The van der Waals surface area contributed by atoms with Crippen molar-refractivity contribution >= 4 is 5.91 Å². The lowest BCUT2D eigenvalue weighted by molar-refractivity contribution is -0.221. The van der Waals surface area contributed by atoms with E-state index < -0.39 is 0 Å². The molecular formula is C8H13NO3. The predicted molar refractivity (Wildman–Crippen MR) is 41.1 cm³/mol. The predicted octanol–water partition coefficient (Wildman–Crippen LogP) is 0.0653. The summed E-state index contributed by atoms with van der Waals surface area (Å²) in [6.07, 6.45) is 3.63. The van der Waals surface area contributed by atoms with Crippen LogP contribution in [0.5, 0.6) is 0 Å². The van der Waals surface area contributed by atoms with Gasteiger partial charge in [0.05, 0.1) is 19.6 Å². The summed E-state index contributed by atoms with van der Waals surface area (Å²) in [4.78, 5) is 16.7. The second-order valence-corrected chi connectivity index (χ2v) is 3.52. The van der Waals surface area contributed by atoms with Crippen LogP contribution in [-0.4, -0.2) is 34.8 Å². The van der Waals surface area contributed by atoms with Gasteiger partial charge in [-0.3, -0.25) is 9.63 Å². The van der Waals surface area contributed by atoms with E-state index in [1.54, 1.807) is 0 Å². The van der Waals surface area contributed by atoms with Gasteiger partial charge in [0.25, 0.3) is 0 Å². The van der Waals surface area contributed by atoms with E-state index in [1.165, 1.54) is 5.06 Å². The van der Waals surface area contributed by atoms with Crippen LogP contribution in [0.15, 0.2) is 0 Å². The lowest BCUT2D eigenvalue weighted by Gasteiger charge is -2.35. The quantitative estimate of drug-likeness (QED) is 0.639. The fourth-order valence-corrected chi connectivity index (χ4v) is 1.78. The summed E-state index contributed by atoms with van der Waals surface area (Å²) >= 11 is 0. The number of amides is 1. The third-order valence-electron chi connectivity index (χ3n) is 2.62. The van der Waals surface area contributed by atoms with Gasteiger partial charge in [-0.1, -0.05) is 0 Å². The minimum Gasteiger partial charge on any atom is -0.394 e. The fourth-order valence-electron chi connectivity index (χ4n) is 1.78. The first-order valence-corrected chi connectivity index (χ1v) is 4.36. The van der Waals surface area contributed by atoms with Crippen molar-refractivity contribution < 1.29 is 14.7 Å². The number of hydrogen-bond acceptors (Lipinski definition) is 3. The van der Waals surface area contributed by atoms with Crippen molar-refractivity contribution in [2.75, 3.05) is 13.2 Å². The number of rotatable bonds is 2. The van der Waals surface area contributed by atoms with Crippen molar-refractivity contribution in [2.24, 2.45) is 0 Å². The highest BCUT2D eigenvalue weighted by atomic mass is 16.7. The Kier molecular flexibility index (Phi) is 1.81. The van der Waals surface area contributed by atoms with E-state index in [0.29, 0.717) is 13.0 Å². The SMILES string of the molecule is O=C1CC2(CCC2)ON1CCO. The van der Waals surface area contributed by atoms with E-state index in [2.05, 4.69) is 0 Å². The molecule has 0 bridgehead atoms. The summed E-state index contributed by atoms with van der Waals surface area (Å²) in [6, 6.07) is 0. The first-order valence-electron chi connectivity index (χ1n) is 4.36.